The van der Waals surface area contributed by atoms with Crippen LogP contribution < -0.4 is 20.6 Å². The summed E-state index contributed by atoms with van der Waals surface area (Å²) in [5.41, 5.74) is 3.01. The van der Waals surface area contributed by atoms with Crippen LogP contribution in [0, 0.1) is 24.0 Å². The number of carbonyl (C=O) groups excluding carboxylic acids is 2. The number of morpholine rings is 1. The lowest BCUT2D eigenvalue weighted by molar-refractivity contribution is -0.120. The molecular formula is C25H24BF2N3O4. The molecule has 2 aromatic carbocycles. The number of hydrogen-bond donors (Lipinski definition) is 2. The first-order valence-corrected chi connectivity index (χ1v) is 11.5. The lowest BCUT2D eigenvalue weighted by Crippen LogP contribution is -2.42. The first-order chi connectivity index (χ1) is 16.9. The highest BCUT2D eigenvalue weighted by molar-refractivity contribution is 6.45. The van der Waals surface area contributed by atoms with Crippen LogP contribution in [-0.2, 0) is 20.7 Å². The minimum Gasteiger partial charge on any atom is -0.450 e. The van der Waals surface area contributed by atoms with E-state index >= 15 is 0 Å². The number of benzene rings is 2. The molecule has 0 bridgehead atoms. The number of rotatable bonds is 7. The molecule has 2 amide bonds. The van der Waals surface area contributed by atoms with Crippen LogP contribution in [0.1, 0.15) is 5.56 Å². The van der Waals surface area contributed by atoms with Crippen LogP contribution in [0.15, 0.2) is 47.5 Å². The minimum atomic E-state index is -0.525. The number of anilines is 2. The van der Waals surface area contributed by atoms with Gasteiger partial charge in [0.2, 0.25) is 5.91 Å². The monoisotopic (exact) mass is 479 g/mol. The van der Waals surface area contributed by atoms with Gasteiger partial charge in [0.15, 0.2) is 0 Å². The van der Waals surface area contributed by atoms with E-state index in [0.717, 1.165) is 13.1 Å². The van der Waals surface area contributed by atoms with Crippen LogP contribution in [0.5, 0.6) is 0 Å². The first kappa shape index (κ1) is 23.5. The third-order valence-electron chi connectivity index (χ3n) is 6.56. The maximum absolute atomic E-state index is 14.9. The fourth-order valence-electron chi connectivity index (χ4n) is 4.59. The van der Waals surface area contributed by atoms with E-state index in [4.69, 9.17) is 9.76 Å². The molecule has 7 nitrogen and oxygen atoms in total. The molecule has 0 saturated carbocycles. The molecular weight excluding hydrogens is 455 g/mol. The van der Waals surface area contributed by atoms with Crippen molar-refractivity contribution < 1.29 is 28.1 Å². The second-order valence-electron chi connectivity index (χ2n) is 8.82. The number of nitrogens with zero attached hydrogens (tertiary/aromatic N) is 2. The smallest absolute Gasteiger partial charge is 0.326 e. The van der Waals surface area contributed by atoms with Gasteiger partial charge in [-0.15, -0.1) is 0 Å². The van der Waals surface area contributed by atoms with E-state index in [-0.39, 0.29) is 36.3 Å². The van der Waals surface area contributed by atoms with Crippen LogP contribution in [0.4, 0.5) is 20.2 Å². The van der Waals surface area contributed by atoms with Crippen LogP contribution >= 0.6 is 0 Å². The molecule has 1 aliphatic carbocycles. The predicted octanol–water partition coefficient (Wildman–Crippen LogP) is 0.874. The molecule has 5 rings (SSSR count). The van der Waals surface area contributed by atoms with Crippen molar-refractivity contribution >= 4 is 36.1 Å². The lowest BCUT2D eigenvalue weighted by Gasteiger charge is -2.31. The molecule has 180 valence electrons. The molecule has 2 radical (unpaired) electrons. The summed E-state index contributed by atoms with van der Waals surface area (Å²) in [7, 11) is 0.849. The van der Waals surface area contributed by atoms with E-state index in [9.17, 15) is 18.4 Å². The van der Waals surface area contributed by atoms with Gasteiger partial charge < -0.3 is 24.9 Å². The zero-order chi connectivity index (χ0) is 24.5. The average molecular weight is 479 g/mol. The minimum absolute atomic E-state index is 0.143. The van der Waals surface area contributed by atoms with E-state index in [0.29, 0.717) is 55.3 Å². The van der Waals surface area contributed by atoms with Gasteiger partial charge in [-0.05, 0) is 35.4 Å². The topological polar surface area (TPSA) is 82.1 Å². The highest BCUT2D eigenvalue weighted by Gasteiger charge is 2.43. The zero-order valence-electron chi connectivity index (χ0n) is 19.0. The fraction of sp³-hybridized carbons (Fsp3) is 0.320. The Morgan fingerprint density at radius 2 is 1.94 bits per heavy atom. The van der Waals surface area contributed by atoms with Gasteiger partial charge in [-0.25, -0.2) is 8.78 Å². The van der Waals surface area contributed by atoms with Gasteiger partial charge in [0.25, 0.3) is 5.91 Å². The molecule has 0 aromatic heterocycles. The molecule has 1 atom stereocenters. The van der Waals surface area contributed by atoms with Gasteiger partial charge in [-0.2, -0.15) is 0 Å². The van der Waals surface area contributed by atoms with Gasteiger partial charge in [0.1, 0.15) is 11.6 Å². The van der Waals surface area contributed by atoms with Gasteiger partial charge in [-0.1, -0.05) is 17.6 Å². The standard InChI is InChI=1S/C25H24BF2N3O4/c27-21-3-1-17(26-34)9-15(21)10-24(32)29-13-16-14-31(25(33)20-12-19(16)20)18-2-4-23(22(28)11-18)30-5-7-35-8-6-30/h1-4,9,11-12,16,34H,5-8,10,13-14H2,(H,29,32)/t16-/m0/s1. The van der Waals surface area contributed by atoms with Crippen LogP contribution in [0.25, 0.3) is 0 Å². The summed E-state index contributed by atoms with van der Waals surface area (Å²) in [6.45, 7) is 2.87. The third-order valence-corrected chi connectivity index (χ3v) is 6.56. The summed E-state index contributed by atoms with van der Waals surface area (Å²) in [4.78, 5) is 28.7. The Labute approximate surface area is 202 Å². The number of nitrogens with one attached hydrogen (secondary N) is 1. The van der Waals surface area contributed by atoms with Crippen molar-refractivity contribution in [2.75, 3.05) is 49.2 Å². The average Bonchev–Trinajstić information content (AvgIpc) is 3.67. The van der Waals surface area contributed by atoms with E-state index in [1.54, 1.807) is 18.6 Å². The second-order valence-corrected chi connectivity index (χ2v) is 8.82. The molecule has 10 heteroatoms. The van der Waals surface area contributed by atoms with E-state index in [2.05, 4.69) is 5.32 Å². The van der Waals surface area contributed by atoms with Crippen molar-refractivity contribution in [1.29, 1.82) is 0 Å². The number of hydrogen-bond acceptors (Lipinski definition) is 5. The highest BCUT2D eigenvalue weighted by Crippen LogP contribution is 2.43. The normalized spacial score (nSPS) is 19.5. The van der Waals surface area contributed by atoms with Crippen LogP contribution in [0.3, 0.4) is 0 Å². The Morgan fingerprint density at radius 3 is 2.69 bits per heavy atom. The van der Waals surface area contributed by atoms with Gasteiger partial charge >= 0.3 is 7.48 Å². The molecule has 1 saturated heterocycles. The van der Waals surface area contributed by atoms with Crippen molar-refractivity contribution in [2.24, 2.45) is 5.92 Å². The van der Waals surface area contributed by atoms with E-state index in [1.807, 2.05) is 4.90 Å². The van der Waals surface area contributed by atoms with Crippen LogP contribution in [-0.4, -0.2) is 63.7 Å². The molecule has 2 N–H and O–H groups in total. The summed E-state index contributed by atoms with van der Waals surface area (Å²) < 4.78 is 34.3. The summed E-state index contributed by atoms with van der Waals surface area (Å²) in [6.07, 6.45) is 1.62. The van der Waals surface area contributed by atoms with Crippen molar-refractivity contribution in [3.63, 3.8) is 0 Å². The van der Waals surface area contributed by atoms with Gasteiger partial charge in [-0.3, -0.25) is 9.59 Å². The quantitative estimate of drug-likeness (QED) is 0.577. The summed E-state index contributed by atoms with van der Waals surface area (Å²) in [5.74, 6) is -1.61. The van der Waals surface area contributed by atoms with Crippen molar-refractivity contribution in [3.05, 3.63) is 71.2 Å². The fourth-order valence-corrected chi connectivity index (χ4v) is 4.59. The second kappa shape index (κ2) is 9.79. The molecule has 1 fully saturated rings. The lowest BCUT2D eigenvalue weighted by atomic mass is 9.87. The molecule has 2 aliphatic heterocycles. The van der Waals surface area contributed by atoms with Gasteiger partial charge in [0, 0.05) is 49.8 Å². The Bertz CT molecular complexity index is 1200. The third kappa shape index (κ3) is 4.94. The number of carbonyl (C=O) groups is 2. The Balaban J connectivity index is 1.24. The largest absolute Gasteiger partial charge is 0.450 e. The first-order valence-electron chi connectivity index (χ1n) is 11.5. The maximum Gasteiger partial charge on any atom is 0.326 e. The molecule has 35 heavy (non-hydrogen) atoms. The molecule has 0 unspecified atom stereocenters. The summed E-state index contributed by atoms with van der Waals surface area (Å²) in [6, 6.07) is 8.84. The SMILES string of the molecule is O=C(Cc1cc([B]O)ccc1F)NC[C@H]1CN(c2ccc(N3CCOCC3)c(F)c2)C(=O)C2=C1[CH]2. The van der Waals surface area contributed by atoms with Crippen LogP contribution in [0.2, 0.25) is 0 Å². The van der Waals surface area contributed by atoms with E-state index < -0.39 is 11.6 Å². The summed E-state index contributed by atoms with van der Waals surface area (Å²) >= 11 is 0. The highest BCUT2D eigenvalue weighted by atomic mass is 19.1. The number of halogens is 2. The predicted molar refractivity (Wildman–Crippen MR) is 127 cm³/mol. The Morgan fingerprint density at radius 1 is 1.14 bits per heavy atom. The Kier molecular flexibility index (Phi) is 6.57. The van der Waals surface area contributed by atoms with Crippen molar-refractivity contribution in [1.82, 2.24) is 5.32 Å². The van der Waals surface area contributed by atoms with Crippen molar-refractivity contribution in [2.45, 2.75) is 6.42 Å². The summed E-state index contributed by atoms with van der Waals surface area (Å²) in [5, 5.41) is 11.9. The molecule has 0 spiro atoms. The molecule has 2 aromatic rings. The molecule has 2 heterocycles. The van der Waals surface area contributed by atoms with Crippen molar-refractivity contribution in [3.8, 4) is 0 Å². The number of ether oxygens (including phenoxy) is 1. The van der Waals surface area contributed by atoms with E-state index in [1.165, 1.54) is 29.2 Å². The zero-order valence-corrected chi connectivity index (χ0v) is 19.0. The number of amides is 2. The maximum atomic E-state index is 14.9. The Hall–Kier alpha value is -3.24. The van der Waals surface area contributed by atoms with Gasteiger partial charge in [0.05, 0.1) is 25.3 Å². The molecule has 3 aliphatic rings.